The summed E-state index contributed by atoms with van der Waals surface area (Å²) in [7, 11) is 0. The van der Waals surface area contributed by atoms with Crippen LogP contribution in [0.4, 0.5) is 0 Å². The quantitative estimate of drug-likeness (QED) is 0.632. The number of esters is 1. The van der Waals surface area contributed by atoms with E-state index in [1.807, 2.05) is 19.1 Å². The molecule has 19 heavy (non-hydrogen) atoms. The third kappa shape index (κ3) is 4.06. The fourth-order valence-electron chi connectivity index (χ4n) is 2.21. The molecule has 0 aliphatic carbocycles. The number of halogens is 1. The Labute approximate surface area is 124 Å². The van der Waals surface area contributed by atoms with Crippen LogP contribution in [0.1, 0.15) is 27.0 Å². The third-order valence-corrected chi connectivity index (χ3v) is 4.33. The third-order valence-electron chi connectivity index (χ3n) is 3.11. The Balaban J connectivity index is 0.00000180. The van der Waals surface area contributed by atoms with Gasteiger partial charge in [-0.3, -0.25) is 4.90 Å². The Morgan fingerprint density at radius 1 is 1.53 bits per heavy atom. The number of nitrogens with zero attached hydrogens (tertiary/aromatic N) is 1. The lowest BCUT2D eigenvalue weighted by molar-refractivity contribution is 0.0532. The number of hydrogen-bond acceptors (Lipinski definition) is 4. The summed E-state index contributed by atoms with van der Waals surface area (Å²) in [4.78, 5) is 16.2. The molecule has 5 heteroatoms. The average Bonchev–Trinajstić information content (AvgIpc) is 2.68. The van der Waals surface area contributed by atoms with Gasteiger partial charge in [0, 0.05) is 24.5 Å². The van der Waals surface area contributed by atoms with Crippen LogP contribution in [0.15, 0.2) is 18.7 Å². The van der Waals surface area contributed by atoms with Gasteiger partial charge in [-0.15, -0.1) is 30.3 Å². The summed E-state index contributed by atoms with van der Waals surface area (Å²) in [5, 5.41) is 0. The highest BCUT2D eigenvalue weighted by atomic mass is 35.5. The summed E-state index contributed by atoms with van der Waals surface area (Å²) in [6, 6.07) is 2.01. The van der Waals surface area contributed by atoms with E-state index in [0.717, 1.165) is 37.4 Å². The maximum Gasteiger partial charge on any atom is 0.348 e. The van der Waals surface area contributed by atoms with Crippen LogP contribution in [-0.4, -0.2) is 37.1 Å². The monoisotopic (exact) mass is 301 g/mol. The fourth-order valence-corrected chi connectivity index (χ4v) is 3.30. The number of hydrogen-bond donors (Lipinski definition) is 0. The molecular weight excluding hydrogens is 282 g/mol. The number of rotatable bonds is 4. The number of fused-ring (bicyclic) bond motifs is 1. The number of carbonyl (C=O) groups is 1. The van der Waals surface area contributed by atoms with E-state index in [1.165, 1.54) is 10.4 Å². The van der Waals surface area contributed by atoms with Gasteiger partial charge in [-0.25, -0.2) is 4.79 Å². The van der Waals surface area contributed by atoms with Crippen molar-refractivity contribution < 1.29 is 9.53 Å². The highest BCUT2D eigenvalue weighted by Gasteiger charge is 2.19. The van der Waals surface area contributed by atoms with Gasteiger partial charge in [-0.2, -0.15) is 0 Å². The van der Waals surface area contributed by atoms with E-state index in [0.29, 0.717) is 6.61 Å². The zero-order valence-corrected chi connectivity index (χ0v) is 12.8. The first-order valence-corrected chi connectivity index (χ1v) is 7.18. The maximum absolute atomic E-state index is 11.7. The molecule has 0 aromatic carbocycles. The molecule has 0 saturated carbocycles. The molecule has 0 unspecified atom stereocenters. The SMILES string of the molecule is C=CCN1CCc2cc(C(=O)OCC)sc2CC1.Cl. The second-order valence-corrected chi connectivity index (χ2v) is 5.51. The second-order valence-electron chi connectivity index (χ2n) is 4.37. The van der Waals surface area contributed by atoms with Gasteiger partial charge in [-0.05, 0) is 31.4 Å². The van der Waals surface area contributed by atoms with Gasteiger partial charge in [0.2, 0.25) is 0 Å². The number of thiophene rings is 1. The predicted molar refractivity (Wildman–Crippen MR) is 81.6 cm³/mol. The summed E-state index contributed by atoms with van der Waals surface area (Å²) < 4.78 is 5.04. The largest absolute Gasteiger partial charge is 0.462 e. The molecule has 0 saturated heterocycles. The smallest absolute Gasteiger partial charge is 0.348 e. The Morgan fingerprint density at radius 2 is 2.26 bits per heavy atom. The van der Waals surface area contributed by atoms with Crippen molar-refractivity contribution in [3.8, 4) is 0 Å². The summed E-state index contributed by atoms with van der Waals surface area (Å²) >= 11 is 1.59. The van der Waals surface area contributed by atoms with Crippen LogP contribution in [0.25, 0.3) is 0 Å². The molecule has 1 aliphatic heterocycles. The highest BCUT2D eigenvalue weighted by Crippen LogP contribution is 2.26. The molecule has 0 spiro atoms. The van der Waals surface area contributed by atoms with Crippen LogP contribution in [0.2, 0.25) is 0 Å². The van der Waals surface area contributed by atoms with Crippen molar-refractivity contribution in [3.05, 3.63) is 34.0 Å². The molecule has 0 atom stereocenters. The Kier molecular flexibility index (Phi) is 6.55. The lowest BCUT2D eigenvalue weighted by Crippen LogP contribution is -2.26. The number of carbonyl (C=O) groups excluding carboxylic acids is 1. The van der Waals surface area contributed by atoms with E-state index >= 15 is 0 Å². The van der Waals surface area contributed by atoms with E-state index in [4.69, 9.17) is 4.74 Å². The first-order chi connectivity index (χ1) is 8.74. The molecule has 0 radical (unpaired) electrons. The molecule has 0 bridgehead atoms. The van der Waals surface area contributed by atoms with E-state index in [2.05, 4.69) is 11.5 Å². The molecule has 2 rings (SSSR count). The molecule has 0 fully saturated rings. The van der Waals surface area contributed by atoms with Crippen LogP contribution in [0.3, 0.4) is 0 Å². The summed E-state index contributed by atoms with van der Waals surface area (Å²) in [6.07, 6.45) is 3.98. The minimum Gasteiger partial charge on any atom is -0.462 e. The van der Waals surface area contributed by atoms with Gasteiger partial charge in [0.25, 0.3) is 0 Å². The van der Waals surface area contributed by atoms with Crippen molar-refractivity contribution in [2.45, 2.75) is 19.8 Å². The average molecular weight is 302 g/mol. The standard InChI is InChI=1S/C14H19NO2S.ClH/c1-3-7-15-8-5-11-10-13(14(16)17-4-2)18-12(11)6-9-15;/h3,10H,1,4-9H2,2H3;1H. The Hall–Kier alpha value is -0.840. The van der Waals surface area contributed by atoms with E-state index in [1.54, 1.807) is 11.3 Å². The topological polar surface area (TPSA) is 29.5 Å². The summed E-state index contributed by atoms with van der Waals surface area (Å²) in [5.41, 5.74) is 1.31. The lowest BCUT2D eigenvalue weighted by Gasteiger charge is -2.16. The summed E-state index contributed by atoms with van der Waals surface area (Å²) in [5.74, 6) is -0.182. The molecule has 3 nitrogen and oxygen atoms in total. The molecule has 0 N–H and O–H groups in total. The minimum atomic E-state index is -0.182. The van der Waals surface area contributed by atoms with Gasteiger partial charge in [0.1, 0.15) is 4.88 Å². The maximum atomic E-state index is 11.7. The number of ether oxygens (including phenoxy) is 1. The highest BCUT2D eigenvalue weighted by molar-refractivity contribution is 7.14. The normalized spacial score (nSPS) is 15.0. The van der Waals surface area contributed by atoms with Gasteiger partial charge in [0.05, 0.1) is 6.61 Å². The molecule has 1 aliphatic rings. The second kappa shape index (κ2) is 7.68. The molecule has 1 aromatic heterocycles. The van der Waals surface area contributed by atoms with Crippen LogP contribution in [0.5, 0.6) is 0 Å². The van der Waals surface area contributed by atoms with Gasteiger partial charge < -0.3 is 4.74 Å². The Bertz CT molecular complexity index is 419. The minimum absolute atomic E-state index is 0. The zero-order valence-electron chi connectivity index (χ0n) is 11.2. The van der Waals surface area contributed by atoms with Crippen molar-refractivity contribution in [1.82, 2.24) is 4.90 Å². The fraction of sp³-hybridized carbons (Fsp3) is 0.500. The first-order valence-electron chi connectivity index (χ1n) is 6.36. The van der Waals surface area contributed by atoms with Gasteiger partial charge in [-0.1, -0.05) is 6.08 Å². The van der Waals surface area contributed by atoms with Crippen molar-refractivity contribution >= 4 is 29.7 Å². The summed E-state index contributed by atoms with van der Waals surface area (Å²) in [6.45, 7) is 9.08. The van der Waals surface area contributed by atoms with Crippen molar-refractivity contribution in [1.29, 1.82) is 0 Å². The lowest BCUT2D eigenvalue weighted by atomic mass is 10.1. The van der Waals surface area contributed by atoms with E-state index in [-0.39, 0.29) is 18.4 Å². The van der Waals surface area contributed by atoms with Crippen molar-refractivity contribution in [2.24, 2.45) is 0 Å². The molecular formula is C14H20ClNO2S. The van der Waals surface area contributed by atoms with Gasteiger partial charge >= 0.3 is 5.97 Å². The van der Waals surface area contributed by atoms with Crippen LogP contribution in [0, 0.1) is 0 Å². The molecule has 0 amide bonds. The molecule has 2 heterocycles. The van der Waals surface area contributed by atoms with Gasteiger partial charge in [0.15, 0.2) is 0 Å². The van der Waals surface area contributed by atoms with Crippen LogP contribution >= 0.6 is 23.7 Å². The van der Waals surface area contributed by atoms with E-state index < -0.39 is 0 Å². The van der Waals surface area contributed by atoms with E-state index in [9.17, 15) is 4.79 Å². The first kappa shape index (κ1) is 16.2. The van der Waals surface area contributed by atoms with Crippen LogP contribution < -0.4 is 0 Å². The molecule has 106 valence electrons. The van der Waals surface area contributed by atoms with Crippen molar-refractivity contribution in [3.63, 3.8) is 0 Å². The van der Waals surface area contributed by atoms with Crippen molar-refractivity contribution in [2.75, 3.05) is 26.2 Å². The van der Waals surface area contributed by atoms with Crippen LogP contribution in [-0.2, 0) is 17.6 Å². The zero-order chi connectivity index (χ0) is 13.0. The molecule has 1 aromatic rings. The predicted octanol–water partition coefficient (Wildman–Crippen LogP) is 2.93. The Morgan fingerprint density at radius 3 is 2.95 bits per heavy atom.